The van der Waals surface area contributed by atoms with E-state index in [0.29, 0.717) is 4.90 Å². The molecule has 1 saturated heterocycles. The molecule has 0 aromatic carbocycles. The van der Waals surface area contributed by atoms with Gasteiger partial charge < -0.3 is 14.2 Å². The van der Waals surface area contributed by atoms with Gasteiger partial charge in [-0.25, -0.2) is 19.5 Å². The Bertz CT molecular complexity index is 775. The van der Waals surface area contributed by atoms with E-state index in [1.54, 1.807) is 20.8 Å². The molecule has 30 heavy (non-hydrogen) atoms. The van der Waals surface area contributed by atoms with E-state index in [-0.39, 0.29) is 18.2 Å². The van der Waals surface area contributed by atoms with Crippen LogP contribution in [0.4, 0.5) is 22.8 Å². The van der Waals surface area contributed by atoms with E-state index in [0.717, 1.165) is 12.1 Å². The van der Waals surface area contributed by atoms with Crippen molar-refractivity contribution < 1.29 is 37.0 Å². The lowest BCUT2D eigenvalue weighted by molar-refractivity contribution is -0.137. The Morgan fingerprint density at radius 3 is 2.40 bits per heavy atom. The van der Waals surface area contributed by atoms with Crippen LogP contribution in [0.3, 0.4) is 0 Å². The van der Waals surface area contributed by atoms with Gasteiger partial charge in [-0.1, -0.05) is 26.5 Å². The van der Waals surface area contributed by atoms with Gasteiger partial charge in [0.15, 0.2) is 6.10 Å². The van der Waals surface area contributed by atoms with Crippen LogP contribution >= 0.6 is 0 Å². The van der Waals surface area contributed by atoms with Crippen molar-refractivity contribution in [1.29, 1.82) is 0 Å². The molecule has 2 unspecified atom stereocenters. The van der Waals surface area contributed by atoms with E-state index in [1.807, 2.05) is 13.8 Å². The molecule has 2 amide bonds. The van der Waals surface area contributed by atoms with Gasteiger partial charge in [-0.3, -0.25) is 0 Å². The number of cyclic esters (lactones) is 1. The first-order valence-corrected chi connectivity index (χ1v) is 9.39. The van der Waals surface area contributed by atoms with Gasteiger partial charge in [-0.2, -0.15) is 13.2 Å². The number of hydrogen-bond donors (Lipinski definition) is 0. The standard InChI is InChI=1S/C18H21F3N2O5.C2H6/c1-6-7-26-13-9-11(18(19,20)21)8-12(22-13)14-10(2)23(15(24)27-14)16(25)28-17(3,4)5;1-2/h6,8-10,14H,1,7H2,2-5H3;1-2H3. The van der Waals surface area contributed by atoms with E-state index in [4.69, 9.17) is 14.2 Å². The van der Waals surface area contributed by atoms with E-state index >= 15 is 0 Å². The highest BCUT2D eigenvalue weighted by atomic mass is 19.4. The van der Waals surface area contributed by atoms with Crippen LogP contribution in [0.25, 0.3) is 0 Å². The smallest absolute Gasteiger partial charge is 0.420 e. The number of carbonyl (C=O) groups excluding carboxylic acids is 2. The molecule has 0 radical (unpaired) electrons. The summed E-state index contributed by atoms with van der Waals surface area (Å²) in [6.07, 6.45) is -6.51. The molecule has 1 aromatic rings. The summed E-state index contributed by atoms with van der Waals surface area (Å²) in [5.74, 6) is -0.302. The summed E-state index contributed by atoms with van der Waals surface area (Å²) < 4.78 is 55.1. The van der Waals surface area contributed by atoms with E-state index in [1.165, 1.54) is 13.0 Å². The third-order valence-electron chi connectivity index (χ3n) is 3.65. The lowest BCUT2D eigenvalue weighted by atomic mass is 10.1. The van der Waals surface area contributed by atoms with E-state index < -0.39 is 41.7 Å². The second-order valence-electron chi connectivity index (χ2n) is 7.11. The predicted molar refractivity (Wildman–Crippen MR) is 103 cm³/mol. The topological polar surface area (TPSA) is 78.0 Å². The summed E-state index contributed by atoms with van der Waals surface area (Å²) in [6.45, 7) is 13.7. The molecular weight excluding hydrogens is 405 g/mol. The molecule has 2 rings (SSSR count). The van der Waals surface area contributed by atoms with Gasteiger partial charge in [0, 0.05) is 6.07 Å². The third kappa shape index (κ3) is 6.36. The Labute approximate surface area is 173 Å². The maximum atomic E-state index is 13.2. The molecule has 1 aliphatic heterocycles. The minimum atomic E-state index is -4.67. The van der Waals surface area contributed by atoms with Gasteiger partial charge in [0.1, 0.15) is 12.2 Å². The lowest BCUT2D eigenvalue weighted by Gasteiger charge is -2.24. The fourth-order valence-corrected chi connectivity index (χ4v) is 2.48. The molecule has 1 aromatic heterocycles. The average molecular weight is 432 g/mol. The molecule has 0 saturated carbocycles. The molecule has 1 fully saturated rings. The van der Waals surface area contributed by atoms with Gasteiger partial charge in [-0.05, 0) is 33.8 Å². The quantitative estimate of drug-likeness (QED) is 0.584. The summed E-state index contributed by atoms with van der Waals surface area (Å²) in [5.41, 5.74) is -2.08. The van der Waals surface area contributed by atoms with Crippen LogP contribution in [0.15, 0.2) is 24.8 Å². The van der Waals surface area contributed by atoms with Crippen molar-refractivity contribution in [2.45, 2.75) is 65.5 Å². The van der Waals surface area contributed by atoms with Crippen molar-refractivity contribution >= 4 is 12.2 Å². The van der Waals surface area contributed by atoms with Crippen LogP contribution in [0.2, 0.25) is 0 Å². The summed E-state index contributed by atoms with van der Waals surface area (Å²) in [5, 5.41) is 0. The molecule has 0 aliphatic carbocycles. The van der Waals surface area contributed by atoms with Crippen LogP contribution < -0.4 is 4.74 Å². The number of aromatic nitrogens is 1. The van der Waals surface area contributed by atoms with Crippen molar-refractivity contribution in [3.63, 3.8) is 0 Å². The second kappa shape index (κ2) is 9.82. The van der Waals surface area contributed by atoms with Gasteiger partial charge >= 0.3 is 18.4 Å². The Hall–Kier alpha value is -2.78. The number of alkyl halides is 3. The molecular formula is C20H27F3N2O5. The number of imide groups is 1. The van der Waals surface area contributed by atoms with Gasteiger partial charge in [-0.15, -0.1) is 0 Å². The Balaban J connectivity index is 0.00000218. The highest BCUT2D eigenvalue weighted by molar-refractivity contribution is 5.90. The third-order valence-corrected chi connectivity index (χ3v) is 3.65. The zero-order chi connectivity index (χ0) is 23.3. The summed E-state index contributed by atoms with van der Waals surface area (Å²) >= 11 is 0. The first kappa shape index (κ1) is 25.3. The molecule has 0 spiro atoms. The average Bonchev–Trinajstić information content (AvgIpc) is 2.93. The van der Waals surface area contributed by atoms with Crippen molar-refractivity contribution in [3.8, 4) is 5.88 Å². The Morgan fingerprint density at radius 1 is 1.30 bits per heavy atom. The minimum Gasteiger partial charge on any atom is -0.473 e. The van der Waals surface area contributed by atoms with Crippen LogP contribution in [-0.2, 0) is 15.7 Å². The fourth-order valence-electron chi connectivity index (χ4n) is 2.48. The fraction of sp³-hybridized carbons (Fsp3) is 0.550. The Morgan fingerprint density at radius 2 is 1.90 bits per heavy atom. The summed E-state index contributed by atoms with van der Waals surface area (Å²) in [7, 11) is 0. The number of rotatable bonds is 4. The maximum absolute atomic E-state index is 13.2. The number of nitrogens with zero attached hydrogens (tertiary/aromatic N) is 2. The molecule has 0 N–H and O–H groups in total. The SMILES string of the molecule is C=CCOc1cc(C(F)(F)F)cc(C2OC(=O)N(C(=O)OC(C)(C)C)C2C)n1.CC. The van der Waals surface area contributed by atoms with Crippen LogP contribution in [0.5, 0.6) is 5.88 Å². The van der Waals surface area contributed by atoms with Crippen LogP contribution in [-0.4, -0.2) is 40.3 Å². The predicted octanol–water partition coefficient (Wildman–Crippen LogP) is 5.51. The van der Waals surface area contributed by atoms with Crippen molar-refractivity contribution in [3.05, 3.63) is 36.0 Å². The molecule has 2 heterocycles. The second-order valence-corrected chi connectivity index (χ2v) is 7.11. The van der Waals surface area contributed by atoms with Crippen molar-refractivity contribution in [2.75, 3.05) is 6.61 Å². The lowest BCUT2D eigenvalue weighted by Crippen LogP contribution is -2.41. The first-order valence-electron chi connectivity index (χ1n) is 9.39. The molecule has 1 aliphatic rings. The molecule has 2 atom stereocenters. The maximum Gasteiger partial charge on any atom is 0.420 e. The van der Waals surface area contributed by atoms with Gasteiger partial charge in [0.2, 0.25) is 5.88 Å². The molecule has 168 valence electrons. The van der Waals surface area contributed by atoms with Crippen LogP contribution in [0.1, 0.15) is 58.9 Å². The van der Waals surface area contributed by atoms with Gasteiger partial charge in [0.05, 0.1) is 17.3 Å². The highest BCUT2D eigenvalue weighted by Crippen LogP contribution is 2.37. The first-order chi connectivity index (χ1) is 13.8. The van der Waals surface area contributed by atoms with Crippen molar-refractivity contribution in [2.24, 2.45) is 0 Å². The largest absolute Gasteiger partial charge is 0.473 e. The molecule has 10 heteroatoms. The number of hydrogen-bond acceptors (Lipinski definition) is 6. The minimum absolute atomic E-state index is 0.0577. The number of amides is 2. The Kier molecular flexibility index (Phi) is 8.26. The monoisotopic (exact) mass is 432 g/mol. The molecule has 0 bridgehead atoms. The normalized spacial score (nSPS) is 18.8. The number of carbonyl (C=O) groups is 2. The zero-order valence-corrected chi connectivity index (χ0v) is 17.9. The van der Waals surface area contributed by atoms with E-state index in [2.05, 4.69) is 11.6 Å². The number of ether oxygens (including phenoxy) is 3. The zero-order valence-electron chi connectivity index (χ0n) is 17.9. The summed E-state index contributed by atoms with van der Waals surface area (Å²) in [4.78, 5) is 29.1. The number of halogens is 3. The van der Waals surface area contributed by atoms with Crippen molar-refractivity contribution in [1.82, 2.24) is 9.88 Å². The van der Waals surface area contributed by atoms with Gasteiger partial charge in [0.25, 0.3) is 0 Å². The molecule has 7 nitrogen and oxygen atoms in total. The highest BCUT2D eigenvalue weighted by Gasteiger charge is 2.46. The number of pyridine rings is 1. The van der Waals surface area contributed by atoms with Crippen LogP contribution in [0, 0.1) is 0 Å². The van der Waals surface area contributed by atoms with E-state index in [9.17, 15) is 22.8 Å². The summed E-state index contributed by atoms with van der Waals surface area (Å²) in [6, 6.07) is 0.555.